The van der Waals surface area contributed by atoms with Crippen LogP contribution in [0.3, 0.4) is 0 Å². The molecule has 1 saturated heterocycles. The summed E-state index contributed by atoms with van der Waals surface area (Å²) in [5, 5.41) is 1.22. The topological polar surface area (TPSA) is 46.7 Å². The fraction of sp³-hybridized carbons (Fsp3) is 0.533. The largest absolute Gasteiger partial charge is 0.381 e. The number of aromatic amines is 1. The zero-order valence-corrected chi connectivity index (χ0v) is 21.6. The van der Waals surface area contributed by atoms with Crippen LogP contribution in [0.15, 0.2) is 48.5 Å². The Morgan fingerprint density at radius 1 is 0.886 bits per heavy atom. The molecule has 1 aromatic heterocycles. The molecule has 2 aliphatic rings. The van der Waals surface area contributed by atoms with Gasteiger partial charge in [0.25, 0.3) is 0 Å². The van der Waals surface area contributed by atoms with Crippen molar-refractivity contribution in [2.45, 2.75) is 77.5 Å². The highest BCUT2D eigenvalue weighted by atomic mass is 17.2. The Labute approximate surface area is 210 Å². The van der Waals surface area contributed by atoms with Crippen molar-refractivity contribution in [3.63, 3.8) is 0 Å². The lowest BCUT2D eigenvalue weighted by Crippen LogP contribution is -2.37. The van der Waals surface area contributed by atoms with Gasteiger partial charge in [0.2, 0.25) is 0 Å². The highest BCUT2D eigenvalue weighted by Gasteiger charge is 2.18. The quantitative estimate of drug-likeness (QED) is 0.210. The van der Waals surface area contributed by atoms with Crippen molar-refractivity contribution < 1.29 is 14.5 Å². The minimum absolute atomic E-state index is 0.435. The first-order chi connectivity index (χ1) is 17.2. The average Bonchev–Trinajstić information content (AvgIpc) is 3.58. The molecule has 2 aromatic carbocycles. The minimum Gasteiger partial charge on any atom is -0.381 e. The molecule has 2 fully saturated rings. The molecule has 1 aliphatic carbocycles. The highest BCUT2D eigenvalue weighted by molar-refractivity contribution is 5.85. The van der Waals surface area contributed by atoms with Crippen molar-refractivity contribution >= 4 is 10.9 Å². The SMILES string of the molecule is C1CCCC1.Cc1[nH]c2ccc(CCN(C)C3CCOCC3)cc2c1COOCc1ccccc1. The normalized spacial score (nSPS) is 16.5. The van der Waals surface area contributed by atoms with Crippen LogP contribution in [0.25, 0.3) is 10.9 Å². The van der Waals surface area contributed by atoms with E-state index in [1.165, 1.54) is 43.1 Å². The van der Waals surface area contributed by atoms with Gasteiger partial charge in [-0.1, -0.05) is 68.5 Å². The molecule has 5 rings (SSSR count). The van der Waals surface area contributed by atoms with E-state index in [0.29, 0.717) is 19.3 Å². The molecule has 2 heterocycles. The number of fused-ring (bicyclic) bond motifs is 1. The van der Waals surface area contributed by atoms with Crippen molar-refractivity contribution in [1.29, 1.82) is 0 Å². The number of benzene rings is 2. The molecule has 3 aromatic rings. The molecule has 190 valence electrons. The summed E-state index contributed by atoms with van der Waals surface area (Å²) < 4.78 is 5.49. The van der Waals surface area contributed by atoms with E-state index in [-0.39, 0.29) is 0 Å². The predicted molar refractivity (Wildman–Crippen MR) is 142 cm³/mol. The minimum atomic E-state index is 0.435. The van der Waals surface area contributed by atoms with Crippen LogP contribution in [-0.4, -0.2) is 42.7 Å². The molecule has 1 saturated carbocycles. The van der Waals surface area contributed by atoms with Gasteiger partial charge in [-0.15, -0.1) is 0 Å². The van der Waals surface area contributed by atoms with Gasteiger partial charge >= 0.3 is 0 Å². The monoisotopic (exact) mass is 478 g/mol. The lowest BCUT2D eigenvalue weighted by molar-refractivity contribution is -0.313. The first-order valence-electron chi connectivity index (χ1n) is 13.4. The molecular weight excluding hydrogens is 436 g/mol. The smallest absolute Gasteiger partial charge is 0.110 e. The van der Waals surface area contributed by atoms with Crippen molar-refractivity contribution in [1.82, 2.24) is 9.88 Å². The Hall–Kier alpha value is -2.18. The number of aryl methyl sites for hydroxylation is 1. The van der Waals surface area contributed by atoms with Crippen molar-refractivity contribution in [3.05, 3.63) is 70.9 Å². The number of ether oxygens (including phenoxy) is 1. The van der Waals surface area contributed by atoms with Crippen molar-refractivity contribution in [3.8, 4) is 0 Å². The predicted octanol–water partition coefficient (Wildman–Crippen LogP) is 6.73. The van der Waals surface area contributed by atoms with E-state index in [0.717, 1.165) is 61.4 Å². The molecule has 0 atom stereocenters. The number of rotatable bonds is 9. The lowest BCUT2D eigenvalue weighted by atomic mass is 10.0. The number of H-pyrrole nitrogens is 1. The summed E-state index contributed by atoms with van der Waals surface area (Å²) in [5.74, 6) is 0. The van der Waals surface area contributed by atoms with Crippen LogP contribution in [-0.2, 0) is 34.1 Å². The second-order valence-corrected chi connectivity index (χ2v) is 9.96. The van der Waals surface area contributed by atoms with Gasteiger partial charge in [-0.2, -0.15) is 0 Å². The Balaban J connectivity index is 0.000000514. The lowest BCUT2D eigenvalue weighted by Gasteiger charge is -2.31. The number of hydrogen-bond donors (Lipinski definition) is 1. The summed E-state index contributed by atoms with van der Waals surface area (Å²) in [6.45, 7) is 5.81. The number of nitrogens with zero attached hydrogens (tertiary/aromatic N) is 1. The summed E-state index contributed by atoms with van der Waals surface area (Å²) in [5.41, 5.74) is 5.90. The van der Waals surface area contributed by atoms with Crippen LogP contribution >= 0.6 is 0 Å². The Morgan fingerprint density at radius 3 is 2.29 bits per heavy atom. The molecule has 1 N–H and O–H groups in total. The summed E-state index contributed by atoms with van der Waals surface area (Å²) in [6.07, 6.45) is 10.8. The molecule has 0 amide bonds. The third-order valence-electron chi connectivity index (χ3n) is 7.36. The zero-order chi connectivity index (χ0) is 24.3. The first kappa shape index (κ1) is 25.9. The Kier molecular flexibility index (Phi) is 10.2. The third kappa shape index (κ3) is 7.91. The molecule has 35 heavy (non-hydrogen) atoms. The van der Waals surface area contributed by atoms with Gasteiger partial charge in [0, 0.05) is 48.0 Å². The Bertz CT molecular complexity index is 1000. The Morgan fingerprint density at radius 2 is 1.57 bits per heavy atom. The maximum absolute atomic E-state index is 5.55. The summed E-state index contributed by atoms with van der Waals surface area (Å²) >= 11 is 0. The fourth-order valence-corrected chi connectivity index (χ4v) is 5.05. The van der Waals surface area contributed by atoms with Gasteiger partial charge in [0.1, 0.15) is 13.2 Å². The van der Waals surface area contributed by atoms with E-state index in [1.54, 1.807) is 0 Å². The number of aromatic nitrogens is 1. The molecule has 0 bridgehead atoms. The van der Waals surface area contributed by atoms with Gasteiger partial charge in [-0.3, -0.25) is 0 Å². The molecule has 5 heteroatoms. The maximum Gasteiger partial charge on any atom is 0.110 e. The van der Waals surface area contributed by atoms with Gasteiger partial charge in [0.15, 0.2) is 0 Å². The van der Waals surface area contributed by atoms with Gasteiger partial charge < -0.3 is 14.6 Å². The standard InChI is InChI=1S/C25H32N2O3.C5H10/c1-19-24(18-30-29-17-21-6-4-3-5-7-21)23-16-20(8-9-25(23)26-19)10-13-27(2)22-11-14-28-15-12-22;1-2-4-5-3-1/h3-9,16,22,26H,10-15,17-18H2,1-2H3;1-5H2. The number of nitrogens with one attached hydrogen (secondary N) is 1. The molecule has 1 aliphatic heterocycles. The van der Waals surface area contributed by atoms with Gasteiger partial charge in [-0.05, 0) is 56.5 Å². The number of likely N-dealkylation sites (N-methyl/N-ethyl adjacent to an activating group) is 1. The summed E-state index contributed by atoms with van der Waals surface area (Å²) in [4.78, 5) is 16.9. The van der Waals surface area contributed by atoms with E-state index in [9.17, 15) is 0 Å². The van der Waals surface area contributed by atoms with E-state index in [2.05, 4.69) is 42.1 Å². The molecular formula is C30H42N2O3. The summed E-state index contributed by atoms with van der Waals surface area (Å²) in [7, 11) is 2.23. The molecule has 0 spiro atoms. The second kappa shape index (κ2) is 13.8. The van der Waals surface area contributed by atoms with Crippen molar-refractivity contribution in [2.75, 3.05) is 26.8 Å². The highest BCUT2D eigenvalue weighted by Crippen LogP contribution is 2.25. The van der Waals surface area contributed by atoms with Crippen LogP contribution in [0.5, 0.6) is 0 Å². The number of hydrogen-bond acceptors (Lipinski definition) is 4. The van der Waals surface area contributed by atoms with Gasteiger partial charge in [0.05, 0.1) is 0 Å². The third-order valence-corrected chi connectivity index (χ3v) is 7.36. The zero-order valence-electron chi connectivity index (χ0n) is 21.6. The van der Waals surface area contributed by atoms with Crippen LogP contribution < -0.4 is 0 Å². The summed E-state index contributed by atoms with van der Waals surface area (Å²) in [6, 6.07) is 17.4. The van der Waals surface area contributed by atoms with E-state index >= 15 is 0 Å². The molecule has 5 nitrogen and oxygen atoms in total. The fourth-order valence-electron chi connectivity index (χ4n) is 5.05. The maximum atomic E-state index is 5.55. The molecule has 0 radical (unpaired) electrons. The van der Waals surface area contributed by atoms with Crippen LogP contribution in [0, 0.1) is 6.92 Å². The van der Waals surface area contributed by atoms with Crippen LogP contribution in [0.2, 0.25) is 0 Å². The van der Waals surface area contributed by atoms with E-state index in [4.69, 9.17) is 14.5 Å². The van der Waals surface area contributed by atoms with Gasteiger partial charge in [-0.25, -0.2) is 9.78 Å². The van der Waals surface area contributed by atoms with Crippen LogP contribution in [0.1, 0.15) is 67.3 Å². The van der Waals surface area contributed by atoms with E-state index < -0.39 is 0 Å². The average molecular weight is 479 g/mol. The van der Waals surface area contributed by atoms with Crippen molar-refractivity contribution in [2.24, 2.45) is 0 Å². The van der Waals surface area contributed by atoms with E-state index in [1.807, 2.05) is 30.3 Å². The molecule has 0 unspecified atom stereocenters. The van der Waals surface area contributed by atoms with Crippen LogP contribution in [0.4, 0.5) is 0 Å². The first-order valence-corrected chi connectivity index (χ1v) is 13.4. The second-order valence-electron chi connectivity index (χ2n) is 9.96.